The van der Waals surface area contributed by atoms with Crippen molar-refractivity contribution in [3.8, 4) is 0 Å². The van der Waals surface area contributed by atoms with Gasteiger partial charge in [0.2, 0.25) is 0 Å². The number of hydrogen-bond acceptors (Lipinski definition) is 3. The van der Waals surface area contributed by atoms with Gasteiger partial charge in [-0.15, -0.1) is 0 Å². The molecule has 0 amide bonds. The standard InChI is InChI=1S/C21H41NO2/c1-2-3-4-5-6-7-8-9-10-11-12-13-14-17-20(23)21(24)19-16-15-18-22-19/h19,21-22,24H,2-18H2,1H3/t19-,21?/m0/s1. The summed E-state index contributed by atoms with van der Waals surface area (Å²) in [7, 11) is 0. The summed E-state index contributed by atoms with van der Waals surface area (Å²) in [4.78, 5) is 11.9. The zero-order valence-electron chi connectivity index (χ0n) is 16.0. The minimum Gasteiger partial charge on any atom is -0.384 e. The summed E-state index contributed by atoms with van der Waals surface area (Å²) in [6, 6.07) is 0.0134. The molecule has 0 spiro atoms. The maximum absolute atomic E-state index is 11.9. The van der Waals surface area contributed by atoms with Gasteiger partial charge in [0.15, 0.2) is 5.78 Å². The van der Waals surface area contributed by atoms with Crippen LogP contribution >= 0.6 is 0 Å². The van der Waals surface area contributed by atoms with E-state index in [-0.39, 0.29) is 11.8 Å². The van der Waals surface area contributed by atoms with Crippen LogP contribution in [0, 0.1) is 0 Å². The van der Waals surface area contributed by atoms with Gasteiger partial charge in [-0.3, -0.25) is 4.79 Å². The van der Waals surface area contributed by atoms with Gasteiger partial charge in [0.05, 0.1) is 0 Å². The van der Waals surface area contributed by atoms with Gasteiger partial charge in [0, 0.05) is 12.5 Å². The minimum atomic E-state index is -0.773. The first-order valence-electron chi connectivity index (χ1n) is 10.7. The number of rotatable bonds is 16. The van der Waals surface area contributed by atoms with Gasteiger partial charge in [-0.25, -0.2) is 0 Å². The number of unbranched alkanes of at least 4 members (excludes halogenated alkanes) is 12. The third-order valence-electron chi connectivity index (χ3n) is 5.34. The van der Waals surface area contributed by atoms with Crippen molar-refractivity contribution in [3.63, 3.8) is 0 Å². The number of carbonyl (C=O) groups is 1. The Hall–Kier alpha value is -0.410. The van der Waals surface area contributed by atoms with Crippen LogP contribution in [0.1, 0.15) is 110 Å². The highest BCUT2D eigenvalue weighted by molar-refractivity contribution is 5.83. The lowest BCUT2D eigenvalue weighted by Crippen LogP contribution is -2.40. The molecule has 3 nitrogen and oxygen atoms in total. The SMILES string of the molecule is CCCCCCCCCCCCCCCC(=O)C(O)[C@@H]1CCCN1. The molecule has 0 aromatic heterocycles. The molecule has 2 N–H and O–H groups in total. The highest BCUT2D eigenvalue weighted by atomic mass is 16.3. The van der Waals surface area contributed by atoms with Gasteiger partial charge in [-0.2, -0.15) is 0 Å². The molecule has 3 heteroatoms. The predicted octanol–water partition coefficient (Wildman–Crippen LogP) is 5.15. The predicted molar refractivity (Wildman–Crippen MR) is 102 cm³/mol. The Morgan fingerprint density at radius 2 is 1.42 bits per heavy atom. The number of aliphatic hydroxyl groups is 1. The summed E-state index contributed by atoms with van der Waals surface area (Å²) < 4.78 is 0. The minimum absolute atomic E-state index is 0.0134. The first kappa shape index (κ1) is 21.6. The van der Waals surface area contributed by atoms with Gasteiger partial charge < -0.3 is 10.4 Å². The fourth-order valence-corrected chi connectivity index (χ4v) is 3.67. The van der Waals surface area contributed by atoms with Crippen LogP contribution in [0.2, 0.25) is 0 Å². The van der Waals surface area contributed by atoms with E-state index in [9.17, 15) is 9.90 Å². The first-order valence-corrected chi connectivity index (χ1v) is 10.7. The highest BCUT2D eigenvalue weighted by Gasteiger charge is 2.27. The van der Waals surface area contributed by atoms with Crippen LogP contribution in [0.25, 0.3) is 0 Å². The summed E-state index contributed by atoms with van der Waals surface area (Å²) in [6.45, 7) is 3.21. The third kappa shape index (κ3) is 10.5. The van der Waals surface area contributed by atoms with Crippen LogP contribution in [0.3, 0.4) is 0 Å². The molecule has 1 aliphatic heterocycles. The largest absolute Gasteiger partial charge is 0.384 e. The van der Waals surface area contributed by atoms with Crippen LogP contribution < -0.4 is 5.32 Å². The zero-order chi connectivity index (χ0) is 17.5. The van der Waals surface area contributed by atoms with E-state index in [1.54, 1.807) is 0 Å². The van der Waals surface area contributed by atoms with E-state index in [1.807, 2.05) is 0 Å². The van der Waals surface area contributed by atoms with Crippen LogP contribution in [0.4, 0.5) is 0 Å². The Morgan fingerprint density at radius 3 is 1.88 bits per heavy atom. The first-order chi connectivity index (χ1) is 11.8. The number of carbonyl (C=O) groups excluding carboxylic acids is 1. The molecule has 0 aliphatic carbocycles. The van der Waals surface area contributed by atoms with Gasteiger partial charge >= 0.3 is 0 Å². The van der Waals surface area contributed by atoms with Crippen molar-refractivity contribution in [2.75, 3.05) is 6.54 Å². The van der Waals surface area contributed by atoms with Crippen molar-refractivity contribution in [2.45, 2.75) is 122 Å². The van der Waals surface area contributed by atoms with Crippen LogP contribution in [-0.4, -0.2) is 29.6 Å². The molecule has 142 valence electrons. The van der Waals surface area contributed by atoms with Gasteiger partial charge in [-0.05, 0) is 25.8 Å². The second kappa shape index (κ2) is 14.9. The van der Waals surface area contributed by atoms with Gasteiger partial charge in [0.1, 0.15) is 6.10 Å². The molecular formula is C21H41NO2. The number of nitrogens with one attached hydrogen (secondary N) is 1. The molecule has 1 fully saturated rings. The molecule has 0 aromatic rings. The molecule has 0 radical (unpaired) electrons. The van der Waals surface area contributed by atoms with Crippen molar-refractivity contribution >= 4 is 5.78 Å². The molecule has 1 saturated heterocycles. The molecule has 2 atom stereocenters. The third-order valence-corrected chi connectivity index (χ3v) is 5.34. The fraction of sp³-hybridized carbons (Fsp3) is 0.952. The molecule has 1 heterocycles. The highest BCUT2D eigenvalue weighted by Crippen LogP contribution is 2.15. The smallest absolute Gasteiger partial charge is 0.162 e. The van der Waals surface area contributed by atoms with Crippen molar-refractivity contribution in [1.29, 1.82) is 0 Å². The summed E-state index contributed by atoms with van der Waals surface area (Å²) >= 11 is 0. The van der Waals surface area contributed by atoms with E-state index in [4.69, 9.17) is 0 Å². The maximum atomic E-state index is 11.9. The van der Waals surface area contributed by atoms with Crippen molar-refractivity contribution in [1.82, 2.24) is 5.32 Å². The fourth-order valence-electron chi connectivity index (χ4n) is 3.67. The van der Waals surface area contributed by atoms with Crippen molar-refractivity contribution in [3.05, 3.63) is 0 Å². The average molecular weight is 340 g/mol. The Labute approximate surface area is 150 Å². The van der Waals surface area contributed by atoms with Crippen molar-refractivity contribution in [2.24, 2.45) is 0 Å². The molecule has 1 rings (SSSR count). The van der Waals surface area contributed by atoms with Crippen LogP contribution in [0.5, 0.6) is 0 Å². The number of aliphatic hydroxyl groups excluding tert-OH is 1. The van der Waals surface area contributed by atoms with E-state index >= 15 is 0 Å². The lowest BCUT2D eigenvalue weighted by molar-refractivity contribution is -0.128. The average Bonchev–Trinajstić information content (AvgIpc) is 3.12. The number of ketones is 1. The summed E-state index contributed by atoms with van der Waals surface area (Å²) in [5.74, 6) is 0.0393. The summed E-state index contributed by atoms with van der Waals surface area (Å²) in [5, 5.41) is 13.2. The molecule has 1 unspecified atom stereocenters. The lowest BCUT2D eigenvalue weighted by atomic mass is 10.00. The molecular weight excluding hydrogens is 298 g/mol. The van der Waals surface area contributed by atoms with Crippen LogP contribution in [-0.2, 0) is 4.79 Å². The van der Waals surface area contributed by atoms with E-state index in [2.05, 4.69) is 12.2 Å². The summed E-state index contributed by atoms with van der Waals surface area (Å²) in [6.07, 6.45) is 18.9. The van der Waals surface area contributed by atoms with E-state index in [0.717, 1.165) is 32.2 Å². The second-order valence-electron chi connectivity index (χ2n) is 7.61. The van der Waals surface area contributed by atoms with E-state index in [1.165, 1.54) is 70.6 Å². The van der Waals surface area contributed by atoms with Crippen molar-refractivity contribution < 1.29 is 9.90 Å². The second-order valence-corrected chi connectivity index (χ2v) is 7.61. The summed E-state index contributed by atoms with van der Waals surface area (Å²) in [5.41, 5.74) is 0. The van der Waals surface area contributed by atoms with Gasteiger partial charge in [-0.1, -0.05) is 84.0 Å². The van der Waals surface area contributed by atoms with E-state index in [0.29, 0.717) is 6.42 Å². The maximum Gasteiger partial charge on any atom is 0.162 e. The number of hydrogen-bond donors (Lipinski definition) is 2. The quantitative estimate of drug-likeness (QED) is 0.382. The topological polar surface area (TPSA) is 49.3 Å². The Bertz CT molecular complexity index is 300. The molecule has 0 bridgehead atoms. The van der Waals surface area contributed by atoms with Gasteiger partial charge in [0.25, 0.3) is 0 Å². The normalized spacial score (nSPS) is 18.8. The van der Waals surface area contributed by atoms with Crippen LogP contribution in [0.15, 0.2) is 0 Å². The van der Waals surface area contributed by atoms with E-state index < -0.39 is 6.10 Å². The number of Topliss-reactive ketones (excluding diaryl/α,β-unsaturated/α-hetero) is 1. The Kier molecular flexibility index (Phi) is 13.4. The molecule has 0 aromatic carbocycles. The zero-order valence-corrected chi connectivity index (χ0v) is 16.0. The molecule has 1 aliphatic rings. The lowest BCUT2D eigenvalue weighted by Gasteiger charge is -2.16. The molecule has 24 heavy (non-hydrogen) atoms. The monoisotopic (exact) mass is 339 g/mol. The molecule has 0 saturated carbocycles. The Balaban J connectivity index is 1.81. The Morgan fingerprint density at radius 1 is 0.917 bits per heavy atom.